The molecule has 2 unspecified atom stereocenters. The van der Waals surface area contributed by atoms with E-state index in [9.17, 15) is 0 Å². The smallest absolute Gasteiger partial charge is 0.0705 e. The zero-order valence-electron chi connectivity index (χ0n) is 10.9. The van der Waals surface area contributed by atoms with E-state index < -0.39 is 0 Å². The van der Waals surface area contributed by atoms with Crippen LogP contribution in [0.4, 0.5) is 0 Å². The van der Waals surface area contributed by atoms with Gasteiger partial charge in [0.1, 0.15) is 0 Å². The van der Waals surface area contributed by atoms with Crippen molar-refractivity contribution >= 4 is 10.9 Å². The predicted octanol–water partition coefficient (Wildman–Crippen LogP) is 2.31. The Kier molecular flexibility index (Phi) is 3.73. The zero-order chi connectivity index (χ0) is 13.1. The van der Waals surface area contributed by atoms with Crippen LogP contribution in [0.15, 0.2) is 36.5 Å². The van der Waals surface area contributed by atoms with Gasteiger partial charge >= 0.3 is 0 Å². The minimum atomic E-state index is 0.120. The van der Waals surface area contributed by atoms with Crippen LogP contribution < -0.4 is 11.3 Å². The van der Waals surface area contributed by atoms with Gasteiger partial charge in [0.15, 0.2) is 0 Å². The normalized spacial score (nSPS) is 20.8. The number of nitrogens with one attached hydrogen (secondary N) is 1. The lowest BCUT2D eigenvalue weighted by Crippen LogP contribution is -2.30. The van der Waals surface area contributed by atoms with Gasteiger partial charge in [0.05, 0.1) is 11.6 Å². The maximum absolute atomic E-state index is 5.70. The van der Waals surface area contributed by atoms with Crippen LogP contribution in [0.2, 0.25) is 0 Å². The van der Waals surface area contributed by atoms with Crippen LogP contribution in [-0.2, 0) is 4.74 Å². The molecule has 2 heterocycles. The summed E-state index contributed by atoms with van der Waals surface area (Å²) in [6.07, 6.45) is 5.33. The van der Waals surface area contributed by atoms with E-state index in [-0.39, 0.29) is 6.04 Å². The second kappa shape index (κ2) is 5.65. The number of pyridine rings is 1. The highest BCUT2D eigenvalue weighted by Crippen LogP contribution is 2.26. The molecule has 0 bridgehead atoms. The summed E-state index contributed by atoms with van der Waals surface area (Å²) in [6, 6.07) is 10.5. The SMILES string of the molecule is NNC(CC1CCCO1)c1ccc2cccnc2c1. The van der Waals surface area contributed by atoms with E-state index in [2.05, 4.69) is 34.7 Å². The first-order valence-electron chi connectivity index (χ1n) is 6.79. The van der Waals surface area contributed by atoms with Gasteiger partial charge in [-0.25, -0.2) is 0 Å². The molecule has 1 aliphatic rings. The van der Waals surface area contributed by atoms with Crippen molar-refractivity contribution < 1.29 is 4.74 Å². The van der Waals surface area contributed by atoms with Crippen LogP contribution in [0, 0.1) is 0 Å². The summed E-state index contributed by atoms with van der Waals surface area (Å²) in [5, 5.41) is 1.15. The van der Waals surface area contributed by atoms with Crippen LogP contribution in [-0.4, -0.2) is 17.7 Å². The highest BCUT2D eigenvalue weighted by Gasteiger charge is 2.21. The van der Waals surface area contributed by atoms with Crippen LogP contribution >= 0.6 is 0 Å². The van der Waals surface area contributed by atoms with Crippen molar-refractivity contribution in [2.24, 2.45) is 5.84 Å². The van der Waals surface area contributed by atoms with Gasteiger partial charge in [-0.15, -0.1) is 0 Å². The van der Waals surface area contributed by atoms with E-state index in [4.69, 9.17) is 10.6 Å². The van der Waals surface area contributed by atoms with Gasteiger partial charge in [0.2, 0.25) is 0 Å². The highest BCUT2D eigenvalue weighted by molar-refractivity contribution is 5.78. The predicted molar refractivity (Wildman–Crippen MR) is 75.4 cm³/mol. The summed E-state index contributed by atoms with van der Waals surface area (Å²) < 4.78 is 5.68. The van der Waals surface area contributed by atoms with Gasteiger partial charge in [-0.3, -0.25) is 16.3 Å². The van der Waals surface area contributed by atoms with E-state index in [0.717, 1.165) is 36.8 Å². The lowest BCUT2D eigenvalue weighted by atomic mass is 9.98. The summed E-state index contributed by atoms with van der Waals surface area (Å²) in [7, 11) is 0. The molecule has 0 radical (unpaired) electrons. The average Bonchev–Trinajstić information content (AvgIpc) is 2.97. The molecule has 2 aromatic rings. The number of hydrogen-bond acceptors (Lipinski definition) is 4. The standard InChI is InChI=1S/C15H19N3O/c16-18-15(10-13-4-2-8-19-13)12-6-5-11-3-1-7-17-14(11)9-12/h1,3,5-7,9,13,15,18H,2,4,8,10,16H2. The van der Waals surface area contributed by atoms with Gasteiger partial charge < -0.3 is 4.74 Å². The Morgan fingerprint density at radius 1 is 1.42 bits per heavy atom. The van der Waals surface area contributed by atoms with Crippen molar-refractivity contribution in [2.45, 2.75) is 31.4 Å². The zero-order valence-corrected chi connectivity index (χ0v) is 10.9. The number of fused-ring (bicyclic) bond motifs is 1. The van der Waals surface area contributed by atoms with E-state index >= 15 is 0 Å². The monoisotopic (exact) mass is 257 g/mol. The molecule has 2 atom stereocenters. The first-order chi connectivity index (χ1) is 9.36. The molecule has 0 saturated carbocycles. The van der Waals surface area contributed by atoms with E-state index in [1.165, 1.54) is 5.56 Å². The third-order valence-corrected chi connectivity index (χ3v) is 3.76. The molecule has 1 saturated heterocycles. The fourth-order valence-corrected chi connectivity index (χ4v) is 2.69. The van der Waals surface area contributed by atoms with Crippen LogP contribution in [0.5, 0.6) is 0 Å². The van der Waals surface area contributed by atoms with Gasteiger partial charge in [-0.1, -0.05) is 18.2 Å². The summed E-state index contributed by atoms with van der Waals surface area (Å²) >= 11 is 0. The molecular weight excluding hydrogens is 238 g/mol. The Hall–Kier alpha value is -1.49. The quantitative estimate of drug-likeness (QED) is 0.652. The molecule has 1 aliphatic heterocycles. The number of ether oxygens (including phenoxy) is 1. The number of nitrogens with zero attached hydrogens (tertiary/aromatic N) is 1. The van der Waals surface area contributed by atoms with E-state index in [0.29, 0.717) is 6.10 Å². The minimum absolute atomic E-state index is 0.120. The average molecular weight is 257 g/mol. The van der Waals surface area contributed by atoms with Crippen LogP contribution in [0.3, 0.4) is 0 Å². The number of hydrogen-bond donors (Lipinski definition) is 2. The van der Waals surface area contributed by atoms with Crippen molar-refractivity contribution in [3.8, 4) is 0 Å². The Bertz CT molecular complexity index is 552. The van der Waals surface area contributed by atoms with Crippen molar-refractivity contribution in [3.05, 3.63) is 42.1 Å². The Balaban J connectivity index is 1.83. The third-order valence-electron chi connectivity index (χ3n) is 3.76. The second-order valence-electron chi connectivity index (χ2n) is 5.05. The number of benzene rings is 1. The van der Waals surface area contributed by atoms with Crippen LogP contribution in [0.1, 0.15) is 30.9 Å². The topological polar surface area (TPSA) is 60.2 Å². The van der Waals surface area contributed by atoms with Gasteiger partial charge in [-0.05, 0) is 37.0 Å². The molecule has 3 N–H and O–H groups in total. The molecule has 100 valence electrons. The summed E-state index contributed by atoms with van der Waals surface area (Å²) in [4.78, 5) is 4.39. The molecule has 4 heteroatoms. The fourth-order valence-electron chi connectivity index (χ4n) is 2.69. The van der Waals surface area contributed by atoms with Gasteiger partial charge in [0, 0.05) is 24.2 Å². The Morgan fingerprint density at radius 2 is 2.37 bits per heavy atom. The summed E-state index contributed by atoms with van der Waals surface area (Å²) in [5.74, 6) is 5.70. The molecule has 0 amide bonds. The molecule has 1 aromatic heterocycles. The van der Waals surface area contributed by atoms with Crippen molar-refractivity contribution in [3.63, 3.8) is 0 Å². The number of nitrogens with two attached hydrogens (primary N) is 1. The second-order valence-corrected chi connectivity index (χ2v) is 5.05. The number of aromatic nitrogens is 1. The van der Waals surface area contributed by atoms with Gasteiger partial charge in [0.25, 0.3) is 0 Å². The Labute approximate surface area is 112 Å². The molecule has 4 nitrogen and oxygen atoms in total. The summed E-state index contributed by atoms with van der Waals surface area (Å²) in [5.41, 5.74) is 5.08. The van der Waals surface area contributed by atoms with Crippen LogP contribution in [0.25, 0.3) is 10.9 Å². The minimum Gasteiger partial charge on any atom is -0.378 e. The number of rotatable bonds is 4. The lowest BCUT2D eigenvalue weighted by Gasteiger charge is -2.20. The van der Waals surface area contributed by atoms with Crippen molar-refractivity contribution in [1.29, 1.82) is 0 Å². The number of hydrazine groups is 1. The molecular formula is C15H19N3O. The maximum atomic E-state index is 5.70. The first kappa shape index (κ1) is 12.5. The largest absolute Gasteiger partial charge is 0.378 e. The molecule has 1 aromatic carbocycles. The highest BCUT2D eigenvalue weighted by atomic mass is 16.5. The van der Waals surface area contributed by atoms with Crippen molar-refractivity contribution in [2.75, 3.05) is 6.61 Å². The molecule has 0 spiro atoms. The van der Waals surface area contributed by atoms with Crippen molar-refractivity contribution in [1.82, 2.24) is 10.4 Å². The molecule has 19 heavy (non-hydrogen) atoms. The molecule has 1 fully saturated rings. The first-order valence-corrected chi connectivity index (χ1v) is 6.79. The van der Waals surface area contributed by atoms with E-state index in [1.54, 1.807) is 0 Å². The maximum Gasteiger partial charge on any atom is 0.0705 e. The molecule has 0 aliphatic carbocycles. The van der Waals surface area contributed by atoms with E-state index in [1.807, 2.05) is 12.3 Å². The fraction of sp³-hybridized carbons (Fsp3) is 0.400. The Morgan fingerprint density at radius 3 is 3.16 bits per heavy atom. The summed E-state index contributed by atoms with van der Waals surface area (Å²) in [6.45, 7) is 0.876. The van der Waals surface area contributed by atoms with Gasteiger partial charge in [-0.2, -0.15) is 0 Å². The third kappa shape index (κ3) is 2.76. The molecule has 3 rings (SSSR count). The lowest BCUT2D eigenvalue weighted by molar-refractivity contribution is 0.0946.